The Labute approximate surface area is 50.7 Å². The van der Waals surface area contributed by atoms with Gasteiger partial charge in [-0.15, -0.1) is 0 Å². The van der Waals surface area contributed by atoms with Crippen LogP contribution in [0.3, 0.4) is 0 Å². The molecule has 46 valence electrons. The Bertz CT molecular complexity index is 96.6. The van der Waals surface area contributed by atoms with Crippen molar-refractivity contribution < 1.29 is 0 Å². The Balaban J connectivity index is 1.79. The minimum Gasteiger partial charge on any atom is -0.298 e. The standard InChI is InChI=1S/C7H13N/c1-2-6-5-7(6)8-3-4-8/h6-7H,2-5H2,1H3. The molecule has 2 fully saturated rings. The molecule has 8 heavy (non-hydrogen) atoms. The summed E-state index contributed by atoms with van der Waals surface area (Å²) in [6.45, 7) is 5.08. The Morgan fingerprint density at radius 3 is 2.62 bits per heavy atom. The topological polar surface area (TPSA) is 3.01 Å². The number of hydrogen-bond donors (Lipinski definition) is 0. The summed E-state index contributed by atoms with van der Waals surface area (Å²) < 4.78 is 0. The van der Waals surface area contributed by atoms with Crippen molar-refractivity contribution in [1.29, 1.82) is 0 Å². The van der Waals surface area contributed by atoms with Crippen molar-refractivity contribution in [1.82, 2.24) is 4.90 Å². The fourth-order valence-electron chi connectivity index (χ4n) is 1.51. The van der Waals surface area contributed by atoms with E-state index in [2.05, 4.69) is 11.8 Å². The molecule has 0 bridgehead atoms. The summed E-state index contributed by atoms with van der Waals surface area (Å²) in [5.74, 6) is 1.08. The van der Waals surface area contributed by atoms with E-state index in [-0.39, 0.29) is 0 Å². The summed E-state index contributed by atoms with van der Waals surface area (Å²) in [5, 5.41) is 0. The molecule has 1 nitrogen and oxygen atoms in total. The van der Waals surface area contributed by atoms with Gasteiger partial charge in [0.25, 0.3) is 0 Å². The molecule has 1 heteroatoms. The molecule has 0 aromatic heterocycles. The molecule has 2 rings (SSSR count). The minimum atomic E-state index is 1.03. The fraction of sp³-hybridized carbons (Fsp3) is 1.00. The molecule has 0 N–H and O–H groups in total. The highest BCUT2D eigenvalue weighted by Gasteiger charge is 2.44. The highest BCUT2D eigenvalue weighted by atomic mass is 15.3. The van der Waals surface area contributed by atoms with Crippen LogP contribution in [-0.4, -0.2) is 24.0 Å². The summed E-state index contributed by atoms with van der Waals surface area (Å²) in [6.07, 6.45) is 2.90. The van der Waals surface area contributed by atoms with Gasteiger partial charge in [-0.1, -0.05) is 13.3 Å². The molecule has 1 saturated carbocycles. The van der Waals surface area contributed by atoms with E-state index in [1.54, 1.807) is 0 Å². The molecular formula is C7H13N. The maximum atomic E-state index is 2.58. The average molecular weight is 111 g/mol. The van der Waals surface area contributed by atoms with Gasteiger partial charge in [-0.2, -0.15) is 0 Å². The second-order valence-corrected chi connectivity index (χ2v) is 3.01. The summed E-state index contributed by atoms with van der Waals surface area (Å²) in [7, 11) is 0. The average Bonchev–Trinajstić information content (AvgIpc) is 2.62. The third-order valence-electron chi connectivity index (χ3n) is 2.36. The molecule has 1 saturated heterocycles. The normalized spacial score (nSPS) is 44.6. The third-order valence-corrected chi connectivity index (χ3v) is 2.36. The lowest BCUT2D eigenvalue weighted by Crippen LogP contribution is -2.00. The molecular weight excluding hydrogens is 98.1 g/mol. The van der Waals surface area contributed by atoms with Crippen molar-refractivity contribution >= 4 is 0 Å². The molecule has 0 radical (unpaired) electrons. The van der Waals surface area contributed by atoms with Crippen LogP contribution in [0.25, 0.3) is 0 Å². The predicted octanol–water partition coefficient (Wildman–Crippen LogP) is 1.10. The van der Waals surface area contributed by atoms with E-state index in [4.69, 9.17) is 0 Å². The Kier molecular flexibility index (Phi) is 0.884. The number of rotatable bonds is 2. The molecule has 1 aliphatic carbocycles. The predicted molar refractivity (Wildman–Crippen MR) is 33.8 cm³/mol. The first-order valence-electron chi connectivity index (χ1n) is 3.66. The van der Waals surface area contributed by atoms with Crippen LogP contribution >= 0.6 is 0 Å². The second-order valence-electron chi connectivity index (χ2n) is 3.01. The van der Waals surface area contributed by atoms with Gasteiger partial charge >= 0.3 is 0 Å². The molecule has 0 aromatic carbocycles. The molecule has 0 spiro atoms. The second kappa shape index (κ2) is 1.47. The van der Waals surface area contributed by atoms with Crippen LogP contribution < -0.4 is 0 Å². The zero-order chi connectivity index (χ0) is 5.56. The molecule has 2 atom stereocenters. The van der Waals surface area contributed by atoms with Crippen LogP contribution in [0.2, 0.25) is 0 Å². The van der Waals surface area contributed by atoms with Crippen molar-refractivity contribution in [3.8, 4) is 0 Å². The van der Waals surface area contributed by atoms with Gasteiger partial charge < -0.3 is 0 Å². The third kappa shape index (κ3) is 0.655. The first-order chi connectivity index (χ1) is 3.92. The first-order valence-corrected chi connectivity index (χ1v) is 3.66. The largest absolute Gasteiger partial charge is 0.298 e. The van der Waals surface area contributed by atoms with Crippen molar-refractivity contribution in [2.75, 3.05) is 13.1 Å². The maximum Gasteiger partial charge on any atom is 0.0128 e. The Hall–Kier alpha value is -0.0400. The van der Waals surface area contributed by atoms with E-state index in [1.807, 2.05) is 0 Å². The highest BCUT2D eigenvalue weighted by Crippen LogP contribution is 2.40. The van der Waals surface area contributed by atoms with Gasteiger partial charge in [0.15, 0.2) is 0 Å². The smallest absolute Gasteiger partial charge is 0.0128 e. The van der Waals surface area contributed by atoms with Gasteiger partial charge in [0.1, 0.15) is 0 Å². The maximum absolute atomic E-state index is 2.58. The monoisotopic (exact) mass is 111 g/mol. The molecule has 0 amide bonds. The number of hydrogen-bond acceptors (Lipinski definition) is 1. The Morgan fingerprint density at radius 1 is 1.50 bits per heavy atom. The summed E-state index contributed by atoms with van der Waals surface area (Å²) >= 11 is 0. The molecule has 1 heterocycles. The van der Waals surface area contributed by atoms with Crippen molar-refractivity contribution in [3.05, 3.63) is 0 Å². The van der Waals surface area contributed by atoms with E-state index in [0.29, 0.717) is 0 Å². The van der Waals surface area contributed by atoms with Crippen molar-refractivity contribution in [2.45, 2.75) is 25.8 Å². The van der Waals surface area contributed by atoms with E-state index in [1.165, 1.54) is 25.9 Å². The lowest BCUT2D eigenvalue weighted by molar-refractivity contribution is 0.507. The van der Waals surface area contributed by atoms with Gasteiger partial charge in [-0.05, 0) is 12.3 Å². The van der Waals surface area contributed by atoms with E-state index >= 15 is 0 Å². The quantitative estimate of drug-likeness (QED) is 0.482. The molecule has 0 aromatic rings. The molecule has 1 aliphatic heterocycles. The van der Waals surface area contributed by atoms with Crippen LogP contribution in [0.15, 0.2) is 0 Å². The van der Waals surface area contributed by atoms with E-state index in [9.17, 15) is 0 Å². The zero-order valence-corrected chi connectivity index (χ0v) is 5.43. The minimum absolute atomic E-state index is 1.03. The highest BCUT2D eigenvalue weighted by molar-refractivity contribution is 4.98. The zero-order valence-electron chi connectivity index (χ0n) is 5.43. The SMILES string of the molecule is CCC1CC1N1CC1. The lowest BCUT2D eigenvalue weighted by atomic mass is 10.3. The summed E-state index contributed by atoms with van der Waals surface area (Å²) in [5.41, 5.74) is 0. The van der Waals surface area contributed by atoms with Crippen LogP contribution in [0.4, 0.5) is 0 Å². The van der Waals surface area contributed by atoms with Crippen LogP contribution in [-0.2, 0) is 0 Å². The first kappa shape index (κ1) is 4.80. The lowest BCUT2D eigenvalue weighted by Gasteiger charge is -1.93. The summed E-state index contributed by atoms with van der Waals surface area (Å²) in [6, 6.07) is 1.03. The van der Waals surface area contributed by atoms with Crippen LogP contribution in [0, 0.1) is 5.92 Å². The Morgan fingerprint density at radius 2 is 2.25 bits per heavy atom. The van der Waals surface area contributed by atoms with Crippen LogP contribution in [0.5, 0.6) is 0 Å². The number of nitrogens with zero attached hydrogens (tertiary/aromatic N) is 1. The van der Waals surface area contributed by atoms with Crippen molar-refractivity contribution in [2.24, 2.45) is 5.92 Å². The van der Waals surface area contributed by atoms with Gasteiger partial charge in [-0.25, -0.2) is 0 Å². The van der Waals surface area contributed by atoms with Crippen molar-refractivity contribution in [3.63, 3.8) is 0 Å². The summed E-state index contributed by atoms with van der Waals surface area (Å²) in [4.78, 5) is 2.58. The van der Waals surface area contributed by atoms with E-state index in [0.717, 1.165) is 12.0 Å². The van der Waals surface area contributed by atoms with Crippen LogP contribution in [0.1, 0.15) is 19.8 Å². The van der Waals surface area contributed by atoms with E-state index < -0.39 is 0 Å². The van der Waals surface area contributed by atoms with Gasteiger partial charge in [0, 0.05) is 19.1 Å². The molecule has 2 unspecified atom stereocenters. The van der Waals surface area contributed by atoms with Gasteiger partial charge in [0.05, 0.1) is 0 Å². The van der Waals surface area contributed by atoms with Gasteiger partial charge in [-0.3, -0.25) is 4.90 Å². The van der Waals surface area contributed by atoms with Gasteiger partial charge in [0.2, 0.25) is 0 Å². The fourth-order valence-corrected chi connectivity index (χ4v) is 1.51. The molecule has 2 aliphatic rings.